The van der Waals surface area contributed by atoms with Crippen LogP contribution in [0, 0.1) is 6.92 Å². The number of methoxy groups -OCH3 is 1. The molecule has 5 heterocycles. The molecule has 0 N–H and O–H groups in total. The molecular formula is C27H30ClN7O. The molecule has 0 radical (unpaired) electrons. The number of benzene rings is 1. The van der Waals surface area contributed by atoms with Crippen molar-refractivity contribution >= 4 is 17.3 Å². The van der Waals surface area contributed by atoms with Crippen molar-refractivity contribution in [1.82, 2.24) is 29.3 Å². The Kier molecular flexibility index (Phi) is 6.13. The van der Waals surface area contributed by atoms with E-state index >= 15 is 0 Å². The van der Waals surface area contributed by atoms with Crippen LogP contribution >= 0.6 is 11.6 Å². The van der Waals surface area contributed by atoms with Crippen LogP contribution in [0.15, 0.2) is 42.9 Å². The molecule has 0 bridgehead atoms. The van der Waals surface area contributed by atoms with Crippen LogP contribution in [0.25, 0.3) is 17.2 Å². The topological polar surface area (TPSA) is 73.9 Å². The van der Waals surface area contributed by atoms with Gasteiger partial charge in [-0.15, -0.1) is 5.10 Å². The first-order chi connectivity index (χ1) is 17.6. The number of pyridine rings is 1. The summed E-state index contributed by atoms with van der Waals surface area (Å²) in [5, 5.41) is 5.62. The fourth-order valence-corrected chi connectivity index (χ4v) is 5.67. The summed E-state index contributed by atoms with van der Waals surface area (Å²) in [4.78, 5) is 16.4. The molecular weight excluding hydrogens is 474 g/mol. The molecule has 0 unspecified atom stereocenters. The van der Waals surface area contributed by atoms with Gasteiger partial charge in [0.05, 0.1) is 19.1 Å². The number of imidazole rings is 1. The molecule has 36 heavy (non-hydrogen) atoms. The van der Waals surface area contributed by atoms with Gasteiger partial charge >= 0.3 is 0 Å². The van der Waals surface area contributed by atoms with Crippen LogP contribution in [0.4, 0.5) is 5.69 Å². The second-order valence-electron chi connectivity index (χ2n) is 9.61. The highest BCUT2D eigenvalue weighted by molar-refractivity contribution is 6.31. The zero-order valence-electron chi connectivity index (χ0n) is 20.7. The summed E-state index contributed by atoms with van der Waals surface area (Å²) >= 11 is 6.87. The Balaban J connectivity index is 1.31. The average molecular weight is 504 g/mol. The molecule has 8 nitrogen and oxygen atoms in total. The number of ether oxygens (including phenoxy) is 1. The summed E-state index contributed by atoms with van der Waals surface area (Å²) in [6.07, 6.45) is 9.53. The summed E-state index contributed by atoms with van der Waals surface area (Å²) in [7, 11) is 1.62. The van der Waals surface area contributed by atoms with Crippen LogP contribution in [0.1, 0.15) is 55.1 Å². The minimum Gasteiger partial charge on any atom is -0.479 e. The Hall–Kier alpha value is -3.39. The molecule has 2 aliphatic heterocycles. The van der Waals surface area contributed by atoms with Crippen molar-refractivity contribution in [3.05, 3.63) is 65.0 Å². The molecule has 1 atom stereocenters. The minimum absolute atomic E-state index is 0.109. The summed E-state index contributed by atoms with van der Waals surface area (Å²) in [5.74, 6) is 2.16. The maximum atomic E-state index is 6.87. The number of fused-ring (bicyclic) bond motifs is 1. The molecule has 1 aromatic carbocycles. The van der Waals surface area contributed by atoms with Crippen LogP contribution in [0.3, 0.4) is 0 Å². The molecule has 1 saturated heterocycles. The maximum Gasteiger partial charge on any atom is 0.238 e. The van der Waals surface area contributed by atoms with E-state index in [4.69, 9.17) is 31.4 Å². The molecule has 0 amide bonds. The molecule has 1 fully saturated rings. The van der Waals surface area contributed by atoms with Gasteiger partial charge in [-0.1, -0.05) is 17.7 Å². The van der Waals surface area contributed by atoms with Gasteiger partial charge in [-0.25, -0.2) is 19.6 Å². The predicted octanol–water partition coefficient (Wildman–Crippen LogP) is 5.41. The monoisotopic (exact) mass is 503 g/mol. The maximum absolute atomic E-state index is 6.87. The standard InChI is InChI=1S/C27H30ClN7O/c1-18-16-34(17-29-18)24-11-10-23(30-27(24)36-2)25-31-26-21(7-6-14-35(26)32-25)20-9-8-19(15-22(20)28)33-12-4-3-5-13-33/h8-11,15-17,21H,3-7,12-14H2,1-2H3/t21-/m1/s1. The lowest BCUT2D eigenvalue weighted by Crippen LogP contribution is -2.29. The first-order valence-corrected chi connectivity index (χ1v) is 13.0. The van der Waals surface area contributed by atoms with Crippen molar-refractivity contribution in [1.29, 1.82) is 0 Å². The van der Waals surface area contributed by atoms with Crippen molar-refractivity contribution in [2.24, 2.45) is 0 Å². The number of aryl methyl sites for hydroxylation is 2. The highest BCUT2D eigenvalue weighted by Crippen LogP contribution is 2.38. The van der Waals surface area contributed by atoms with Gasteiger partial charge < -0.3 is 14.2 Å². The van der Waals surface area contributed by atoms with Crippen LogP contribution in [0.2, 0.25) is 5.02 Å². The fraction of sp³-hybridized carbons (Fsp3) is 0.407. The van der Waals surface area contributed by atoms with E-state index in [9.17, 15) is 0 Å². The molecule has 0 spiro atoms. The second-order valence-corrected chi connectivity index (χ2v) is 10.0. The number of anilines is 1. The van der Waals surface area contributed by atoms with Crippen molar-refractivity contribution in [3.63, 3.8) is 0 Å². The van der Waals surface area contributed by atoms with Gasteiger partial charge in [-0.3, -0.25) is 0 Å². The van der Waals surface area contributed by atoms with Crippen LogP contribution in [0.5, 0.6) is 5.88 Å². The van der Waals surface area contributed by atoms with E-state index in [2.05, 4.69) is 28.1 Å². The summed E-state index contributed by atoms with van der Waals surface area (Å²) in [6, 6.07) is 10.4. The molecule has 4 aromatic rings. The van der Waals surface area contributed by atoms with Crippen LogP contribution < -0.4 is 9.64 Å². The molecule has 9 heteroatoms. The summed E-state index contributed by atoms with van der Waals surface area (Å²) in [6.45, 7) is 5.00. The first-order valence-electron chi connectivity index (χ1n) is 12.7. The van der Waals surface area contributed by atoms with Gasteiger partial charge in [-0.05, 0) is 68.9 Å². The molecule has 0 saturated carbocycles. The Morgan fingerprint density at radius 2 is 1.86 bits per heavy atom. The molecule has 2 aliphatic rings. The summed E-state index contributed by atoms with van der Waals surface area (Å²) < 4.78 is 9.52. The van der Waals surface area contributed by atoms with Gasteiger partial charge in [-0.2, -0.15) is 0 Å². The predicted molar refractivity (Wildman–Crippen MR) is 140 cm³/mol. The van der Waals surface area contributed by atoms with E-state index in [-0.39, 0.29) is 5.92 Å². The third-order valence-corrected chi connectivity index (χ3v) is 7.54. The van der Waals surface area contributed by atoms with Crippen molar-refractivity contribution in [2.75, 3.05) is 25.1 Å². The number of rotatable bonds is 5. The number of aromatic nitrogens is 6. The minimum atomic E-state index is 0.109. The smallest absolute Gasteiger partial charge is 0.238 e. The van der Waals surface area contributed by atoms with E-state index in [1.165, 1.54) is 24.9 Å². The van der Waals surface area contributed by atoms with Crippen molar-refractivity contribution in [2.45, 2.75) is 51.5 Å². The quantitative estimate of drug-likeness (QED) is 0.362. The number of hydrogen-bond acceptors (Lipinski definition) is 6. The zero-order valence-corrected chi connectivity index (χ0v) is 21.4. The second kappa shape index (κ2) is 9.58. The normalized spacial score (nSPS) is 17.8. The van der Waals surface area contributed by atoms with Gasteiger partial charge in [0.1, 0.15) is 17.2 Å². The van der Waals surface area contributed by atoms with E-state index in [1.54, 1.807) is 13.4 Å². The third kappa shape index (κ3) is 4.23. The Labute approximate surface area is 215 Å². The Morgan fingerprint density at radius 1 is 1.00 bits per heavy atom. The summed E-state index contributed by atoms with van der Waals surface area (Å²) in [5.41, 5.74) is 4.77. The van der Waals surface area contributed by atoms with E-state index in [1.807, 2.05) is 34.5 Å². The molecule has 3 aromatic heterocycles. The molecule has 0 aliphatic carbocycles. The lowest BCUT2D eigenvalue weighted by Gasteiger charge is -2.30. The SMILES string of the molecule is COc1nc(-c2nc3n(n2)CCC[C@@H]3c2ccc(N3CCCCC3)cc2Cl)ccc1-n1cnc(C)c1. The lowest BCUT2D eigenvalue weighted by atomic mass is 9.91. The fourth-order valence-electron chi connectivity index (χ4n) is 5.36. The number of hydrogen-bond donors (Lipinski definition) is 0. The number of nitrogens with zero attached hydrogens (tertiary/aromatic N) is 7. The molecule has 186 valence electrons. The third-order valence-electron chi connectivity index (χ3n) is 7.21. The van der Waals surface area contributed by atoms with Gasteiger partial charge in [0.25, 0.3) is 0 Å². The highest BCUT2D eigenvalue weighted by Gasteiger charge is 2.28. The lowest BCUT2D eigenvalue weighted by molar-refractivity contribution is 0.396. The van der Waals surface area contributed by atoms with E-state index in [0.717, 1.165) is 60.3 Å². The van der Waals surface area contributed by atoms with Gasteiger partial charge in [0.2, 0.25) is 5.88 Å². The molecule has 6 rings (SSSR count). The van der Waals surface area contributed by atoms with Crippen molar-refractivity contribution in [3.8, 4) is 23.1 Å². The Morgan fingerprint density at radius 3 is 2.61 bits per heavy atom. The highest BCUT2D eigenvalue weighted by atomic mass is 35.5. The number of halogens is 1. The van der Waals surface area contributed by atoms with Crippen LogP contribution in [-0.4, -0.2) is 49.5 Å². The van der Waals surface area contributed by atoms with E-state index < -0.39 is 0 Å². The van der Waals surface area contributed by atoms with Gasteiger partial charge in [0.15, 0.2) is 5.82 Å². The largest absolute Gasteiger partial charge is 0.479 e. The average Bonchev–Trinajstić information content (AvgIpc) is 3.55. The zero-order chi connectivity index (χ0) is 24.6. The van der Waals surface area contributed by atoms with Crippen molar-refractivity contribution < 1.29 is 4.74 Å². The number of piperidine rings is 1. The van der Waals surface area contributed by atoms with Gasteiger partial charge in [0, 0.05) is 42.5 Å². The first kappa shape index (κ1) is 23.0. The Bertz CT molecular complexity index is 1390. The van der Waals surface area contributed by atoms with E-state index in [0.29, 0.717) is 17.4 Å². The van der Waals surface area contributed by atoms with Crippen LogP contribution in [-0.2, 0) is 6.54 Å².